The summed E-state index contributed by atoms with van der Waals surface area (Å²) in [6, 6.07) is 13.8. The highest BCUT2D eigenvalue weighted by Gasteiger charge is 2.46. The molecule has 2 aromatic carbocycles. The molecular weight excluding hydrogens is 496 g/mol. The molecular formula is C27H24N2O5S2. The van der Waals surface area contributed by atoms with E-state index in [9.17, 15) is 14.7 Å². The van der Waals surface area contributed by atoms with Gasteiger partial charge in [-0.15, -0.1) is 11.3 Å². The number of thiophene rings is 1. The average molecular weight is 521 g/mol. The minimum absolute atomic E-state index is 0.0159. The van der Waals surface area contributed by atoms with Gasteiger partial charge in [-0.25, -0.2) is 4.98 Å². The number of aliphatic hydroxyl groups is 1. The first-order valence-electron chi connectivity index (χ1n) is 11.5. The lowest BCUT2D eigenvalue weighted by Crippen LogP contribution is -2.31. The summed E-state index contributed by atoms with van der Waals surface area (Å²) in [7, 11) is 1.53. The molecule has 0 spiro atoms. The zero-order chi connectivity index (χ0) is 25.4. The number of amides is 1. The fourth-order valence-electron chi connectivity index (χ4n) is 4.30. The molecule has 1 aliphatic heterocycles. The van der Waals surface area contributed by atoms with Gasteiger partial charge in [0, 0.05) is 0 Å². The van der Waals surface area contributed by atoms with Crippen molar-refractivity contribution in [1.29, 1.82) is 0 Å². The number of thiazole rings is 1. The average Bonchev–Trinajstić information content (AvgIpc) is 3.62. The second kappa shape index (κ2) is 9.75. The number of hydrogen-bond donors (Lipinski definition) is 1. The number of benzene rings is 2. The molecule has 1 aliphatic rings. The maximum absolute atomic E-state index is 13.5. The predicted octanol–water partition coefficient (Wildman–Crippen LogP) is 6.11. The molecule has 0 unspecified atom stereocenters. The molecule has 0 radical (unpaired) electrons. The summed E-state index contributed by atoms with van der Waals surface area (Å²) in [6.45, 7) is 4.41. The van der Waals surface area contributed by atoms with Crippen LogP contribution in [0.2, 0.25) is 0 Å². The Balaban J connectivity index is 1.68. The van der Waals surface area contributed by atoms with E-state index in [4.69, 9.17) is 14.5 Å². The van der Waals surface area contributed by atoms with E-state index in [1.807, 2.05) is 19.1 Å². The van der Waals surface area contributed by atoms with Crippen molar-refractivity contribution in [2.24, 2.45) is 0 Å². The van der Waals surface area contributed by atoms with Gasteiger partial charge in [0.2, 0.25) is 5.78 Å². The van der Waals surface area contributed by atoms with E-state index in [0.717, 1.165) is 22.2 Å². The van der Waals surface area contributed by atoms with Crippen LogP contribution >= 0.6 is 22.7 Å². The number of aromatic nitrogens is 1. The molecule has 7 nitrogen and oxygen atoms in total. The molecule has 5 rings (SSSR count). The van der Waals surface area contributed by atoms with Crippen molar-refractivity contribution >= 4 is 49.7 Å². The lowest BCUT2D eigenvalue weighted by molar-refractivity contribution is -0.117. The lowest BCUT2D eigenvalue weighted by Gasteiger charge is -2.25. The third-order valence-electron chi connectivity index (χ3n) is 6.06. The highest BCUT2D eigenvalue weighted by atomic mass is 32.1. The molecule has 1 N–H and O–H groups in total. The third-order valence-corrected chi connectivity index (χ3v) is 7.94. The van der Waals surface area contributed by atoms with Crippen molar-refractivity contribution in [1.82, 2.24) is 4.98 Å². The molecule has 0 saturated heterocycles. The molecule has 0 saturated carbocycles. The minimum Gasteiger partial charge on any atom is -0.503 e. The van der Waals surface area contributed by atoms with E-state index in [1.54, 1.807) is 35.7 Å². The van der Waals surface area contributed by atoms with Crippen LogP contribution in [0.1, 0.15) is 40.7 Å². The van der Waals surface area contributed by atoms with E-state index in [1.165, 1.54) is 34.7 Å². The van der Waals surface area contributed by atoms with Gasteiger partial charge in [-0.2, -0.15) is 0 Å². The summed E-state index contributed by atoms with van der Waals surface area (Å²) in [5.74, 6) is -0.619. The Morgan fingerprint density at radius 1 is 1.14 bits per heavy atom. The summed E-state index contributed by atoms with van der Waals surface area (Å²) in [6.07, 6.45) is 0.877. The van der Waals surface area contributed by atoms with Crippen LogP contribution in [0.3, 0.4) is 0 Å². The molecule has 2 aromatic heterocycles. The topological polar surface area (TPSA) is 89.0 Å². The van der Waals surface area contributed by atoms with Crippen molar-refractivity contribution in [2.75, 3.05) is 18.6 Å². The number of aliphatic hydroxyl groups excluding tert-OH is 1. The van der Waals surface area contributed by atoms with Crippen molar-refractivity contribution in [3.05, 3.63) is 81.2 Å². The first kappa shape index (κ1) is 24.0. The first-order chi connectivity index (χ1) is 17.5. The number of carbonyl (C=O) groups excluding carboxylic acids is 2. The molecule has 36 heavy (non-hydrogen) atoms. The zero-order valence-corrected chi connectivity index (χ0v) is 21.6. The monoisotopic (exact) mass is 520 g/mol. The Morgan fingerprint density at radius 3 is 2.67 bits per heavy atom. The lowest BCUT2D eigenvalue weighted by atomic mass is 9.95. The van der Waals surface area contributed by atoms with Crippen LogP contribution in [0.25, 0.3) is 10.2 Å². The minimum atomic E-state index is -0.886. The van der Waals surface area contributed by atoms with Gasteiger partial charge in [0.25, 0.3) is 5.91 Å². The Hall–Kier alpha value is -3.69. The molecule has 4 aromatic rings. The molecule has 3 heterocycles. The van der Waals surface area contributed by atoms with Crippen LogP contribution in [0.4, 0.5) is 5.13 Å². The molecule has 184 valence electrons. The maximum Gasteiger partial charge on any atom is 0.296 e. The molecule has 0 fully saturated rings. The number of aryl methyl sites for hydroxylation is 1. The van der Waals surface area contributed by atoms with Crippen molar-refractivity contribution in [2.45, 2.75) is 26.3 Å². The Kier molecular flexibility index (Phi) is 6.51. The summed E-state index contributed by atoms with van der Waals surface area (Å²) in [5, 5.41) is 13.2. The van der Waals surface area contributed by atoms with Gasteiger partial charge in [0.05, 0.1) is 40.4 Å². The van der Waals surface area contributed by atoms with Gasteiger partial charge in [0.15, 0.2) is 22.4 Å². The molecule has 1 atom stereocenters. The number of ether oxygens (including phenoxy) is 2. The van der Waals surface area contributed by atoms with Crippen molar-refractivity contribution in [3.63, 3.8) is 0 Å². The summed E-state index contributed by atoms with van der Waals surface area (Å²) >= 11 is 2.61. The Morgan fingerprint density at radius 2 is 1.97 bits per heavy atom. The van der Waals surface area contributed by atoms with E-state index in [0.29, 0.717) is 33.7 Å². The number of fused-ring (bicyclic) bond motifs is 1. The van der Waals surface area contributed by atoms with Crippen molar-refractivity contribution in [3.8, 4) is 11.5 Å². The molecule has 1 amide bonds. The molecule has 0 bridgehead atoms. The standard InChI is InChI=1S/C27H24N2O5S2/c1-4-15-8-10-17-21(13-15)36-27(28-17)29-23(16-9-11-18(34-5-2)19(14-16)33-3)22(25(31)26(29)32)24(30)20-7-6-12-35-20/h6-14,23,31H,4-5H2,1-3H3/t23-/m1/s1. The summed E-state index contributed by atoms with van der Waals surface area (Å²) < 4.78 is 12.1. The summed E-state index contributed by atoms with van der Waals surface area (Å²) in [4.78, 5) is 33.6. The largest absolute Gasteiger partial charge is 0.503 e. The van der Waals surface area contributed by atoms with Gasteiger partial charge in [-0.3, -0.25) is 14.5 Å². The molecule has 9 heteroatoms. The first-order valence-corrected chi connectivity index (χ1v) is 13.2. The van der Waals surface area contributed by atoms with Crippen LogP contribution in [-0.2, 0) is 11.2 Å². The number of hydrogen-bond acceptors (Lipinski definition) is 8. The van der Waals surface area contributed by atoms with Crippen LogP contribution in [-0.4, -0.2) is 35.5 Å². The predicted molar refractivity (Wildman–Crippen MR) is 142 cm³/mol. The highest BCUT2D eigenvalue weighted by Crippen LogP contribution is 2.46. The van der Waals surface area contributed by atoms with E-state index in [-0.39, 0.29) is 5.57 Å². The van der Waals surface area contributed by atoms with E-state index in [2.05, 4.69) is 13.0 Å². The van der Waals surface area contributed by atoms with Crippen LogP contribution in [0, 0.1) is 0 Å². The number of carbonyl (C=O) groups is 2. The van der Waals surface area contributed by atoms with Gasteiger partial charge < -0.3 is 14.6 Å². The number of nitrogens with zero attached hydrogens (tertiary/aromatic N) is 2. The van der Waals surface area contributed by atoms with Crippen LogP contribution < -0.4 is 14.4 Å². The highest BCUT2D eigenvalue weighted by molar-refractivity contribution is 7.22. The Labute approximate surface area is 216 Å². The van der Waals surface area contributed by atoms with Gasteiger partial charge >= 0.3 is 0 Å². The quantitative estimate of drug-likeness (QED) is 0.282. The third kappa shape index (κ3) is 4.04. The number of rotatable bonds is 8. The fourth-order valence-corrected chi connectivity index (χ4v) is 6.03. The summed E-state index contributed by atoms with van der Waals surface area (Å²) in [5.41, 5.74) is 2.52. The normalized spacial score (nSPS) is 15.7. The molecule has 0 aliphatic carbocycles. The fraction of sp³-hybridized carbons (Fsp3) is 0.222. The number of Topliss-reactive ketones (excluding diaryl/α,β-unsaturated/α-hetero) is 1. The second-order valence-corrected chi connectivity index (χ2v) is 10.1. The number of methoxy groups -OCH3 is 1. The van der Waals surface area contributed by atoms with Gasteiger partial charge in [-0.05, 0) is 60.2 Å². The van der Waals surface area contributed by atoms with Crippen LogP contribution in [0.15, 0.2) is 65.2 Å². The number of ketones is 1. The smallest absolute Gasteiger partial charge is 0.296 e. The van der Waals surface area contributed by atoms with Gasteiger partial charge in [0.1, 0.15) is 0 Å². The maximum atomic E-state index is 13.5. The second-order valence-electron chi connectivity index (χ2n) is 8.14. The number of anilines is 1. The SMILES string of the molecule is CCOc1ccc([C@@H]2C(C(=O)c3cccs3)=C(O)C(=O)N2c2nc3ccc(CC)cc3s2)cc1OC. The zero-order valence-electron chi connectivity index (χ0n) is 20.0. The van der Waals surface area contributed by atoms with E-state index < -0.39 is 23.5 Å². The van der Waals surface area contributed by atoms with Gasteiger partial charge in [-0.1, -0.05) is 36.5 Å². The van der Waals surface area contributed by atoms with Crippen molar-refractivity contribution < 1.29 is 24.2 Å². The van der Waals surface area contributed by atoms with E-state index >= 15 is 0 Å². The van der Waals surface area contributed by atoms with Crippen LogP contribution in [0.5, 0.6) is 11.5 Å². The Bertz CT molecular complexity index is 1490.